The molecule has 2 aromatic heterocycles. The third-order valence-corrected chi connectivity index (χ3v) is 8.08. The van der Waals surface area contributed by atoms with Gasteiger partial charge in [0.2, 0.25) is 5.69 Å². The van der Waals surface area contributed by atoms with Crippen molar-refractivity contribution in [3.8, 4) is 22.4 Å². The molecule has 3 heteroatoms. The van der Waals surface area contributed by atoms with Crippen LogP contribution in [0.4, 0.5) is 4.39 Å². The zero-order valence-corrected chi connectivity index (χ0v) is 21.2. The van der Waals surface area contributed by atoms with E-state index in [0.717, 1.165) is 46.9 Å². The van der Waals surface area contributed by atoms with Crippen LogP contribution < -0.4 is 4.57 Å². The van der Waals surface area contributed by atoms with Crippen LogP contribution in [-0.4, -0.2) is 0 Å². The molecular formula is C34H33FNO+. The highest BCUT2D eigenvalue weighted by atomic mass is 19.1. The van der Waals surface area contributed by atoms with Crippen LogP contribution in [0.15, 0.2) is 65.2 Å². The second kappa shape index (κ2) is 8.83. The van der Waals surface area contributed by atoms with Gasteiger partial charge in [-0.1, -0.05) is 37.1 Å². The van der Waals surface area contributed by atoms with Crippen LogP contribution in [0.1, 0.15) is 73.5 Å². The molecule has 186 valence electrons. The summed E-state index contributed by atoms with van der Waals surface area (Å²) in [6.07, 6.45) is 0.366. The minimum atomic E-state index is -1.87. The molecule has 0 amide bonds. The molecule has 37 heavy (non-hydrogen) atoms. The monoisotopic (exact) mass is 495 g/mol. The van der Waals surface area contributed by atoms with E-state index < -0.39 is 18.6 Å². The Morgan fingerprint density at radius 2 is 1.65 bits per heavy atom. The zero-order chi connectivity index (χ0) is 29.6. The Bertz CT molecular complexity index is 1900. The van der Waals surface area contributed by atoms with Gasteiger partial charge >= 0.3 is 0 Å². The molecule has 3 aromatic carbocycles. The van der Waals surface area contributed by atoms with Crippen molar-refractivity contribution in [3.63, 3.8) is 0 Å². The summed E-state index contributed by atoms with van der Waals surface area (Å²) < 4.78 is 69.5. The van der Waals surface area contributed by atoms with E-state index in [4.69, 9.17) is 11.3 Å². The summed E-state index contributed by atoms with van der Waals surface area (Å²) in [6, 6.07) is 16.6. The number of rotatable bonds is 3. The Balaban J connectivity index is 1.57. The first-order valence-electron chi connectivity index (χ1n) is 15.8. The lowest BCUT2D eigenvalue weighted by atomic mass is 9.79. The molecule has 1 fully saturated rings. The Labute approximate surface area is 224 Å². The number of aromatic nitrogens is 1. The van der Waals surface area contributed by atoms with E-state index in [0.29, 0.717) is 27.9 Å². The number of hydrogen-bond donors (Lipinski definition) is 0. The molecule has 2 nitrogen and oxygen atoms in total. The van der Waals surface area contributed by atoms with Crippen molar-refractivity contribution >= 4 is 21.9 Å². The van der Waals surface area contributed by atoms with Gasteiger partial charge in [-0.15, -0.1) is 0 Å². The lowest BCUT2D eigenvalue weighted by Crippen LogP contribution is -2.30. The average Bonchev–Trinajstić information content (AvgIpc) is 3.54. The maximum Gasteiger partial charge on any atom is 0.216 e. The number of pyridine rings is 1. The van der Waals surface area contributed by atoms with Gasteiger partial charge in [-0.2, -0.15) is 0 Å². The second-order valence-corrected chi connectivity index (χ2v) is 10.3. The summed E-state index contributed by atoms with van der Waals surface area (Å²) in [5.74, 6) is -0.707. The lowest BCUT2D eigenvalue weighted by molar-refractivity contribution is -0.660. The van der Waals surface area contributed by atoms with Crippen LogP contribution in [0.25, 0.3) is 44.3 Å². The molecule has 0 bridgehead atoms. The van der Waals surface area contributed by atoms with Crippen LogP contribution in [0.5, 0.6) is 0 Å². The van der Waals surface area contributed by atoms with Crippen LogP contribution in [0, 0.1) is 12.7 Å². The van der Waals surface area contributed by atoms with Crippen LogP contribution in [-0.2, 0) is 19.8 Å². The summed E-state index contributed by atoms with van der Waals surface area (Å²) in [5, 5.41) is 1.56. The largest absolute Gasteiger partial charge is 0.454 e. The molecule has 7 rings (SSSR count). The fraction of sp³-hybridized carbons (Fsp3) is 0.324. The van der Waals surface area contributed by atoms with Crippen molar-refractivity contribution in [1.29, 1.82) is 0 Å². The van der Waals surface area contributed by atoms with Crippen LogP contribution in [0.3, 0.4) is 0 Å². The zero-order valence-electron chi connectivity index (χ0n) is 26.2. The molecule has 0 spiro atoms. The van der Waals surface area contributed by atoms with Crippen molar-refractivity contribution in [1.82, 2.24) is 0 Å². The number of benzene rings is 3. The maximum atomic E-state index is 16.1. The van der Waals surface area contributed by atoms with Gasteiger partial charge in [-0.3, -0.25) is 0 Å². The molecule has 2 aliphatic carbocycles. The molecular weight excluding hydrogens is 457 g/mol. The normalized spacial score (nSPS) is 24.2. The highest BCUT2D eigenvalue weighted by Gasteiger charge is 2.28. The quantitative estimate of drug-likeness (QED) is 0.229. The summed E-state index contributed by atoms with van der Waals surface area (Å²) in [4.78, 5) is 0. The van der Waals surface area contributed by atoms with Gasteiger partial charge in [0.15, 0.2) is 6.20 Å². The van der Waals surface area contributed by atoms with E-state index in [9.17, 15) is 0 Å². The molecule has 0 saturated heterocycles. The summed E-state index contributed by atoms with van der Waals surface area (Å²) >= 11 is 0. The maximum absolute atomic E-state index is 16.1. The summed E-state index contributed by atoms with van der Waals surface area (Å²) in [5.41, 5.74) is 5.52. The van der Waals surface area contributed by atoms with Crippen molar-refractivity contribution in [3.05, 3.63) is 88.9 Å². The number of fused-ring (bicyclic) bond motifs is 4. The third kappa shape index (κ3) is 3.54. The SMILES string of the molecule is [2H]C1CCCC1c1ccc(-c2c(F)ccc3c2oc2c(-c4cccc[n+]4C)c(C)ccc23)c2c1C([2H])([2H])CCC2([2H])[2H]. The van der Waals surface area contributed by atoms with Gasteiger partial charge < -0.3 is 4.42 Å². The number of halogens is 1. The minimum Gasteiger partial charge on any atom is -0.454 e. The fourth-order valence-corrected chi connectivity index (χ4v) is 6.27. The van der Waals surface area contributed by atoms with Gasteiger partial charge in [-0.05, 0) is 97.3 Å². The number of hydrogen-bond acceptors (Lipinski definition) is 1. The van der Waals surface area contributed by atoms with Crippen LogP contribution in [0.2, 0.25) is 0 Å². The van der Waals surface area contributed by atoms with Crippen molar-refractivity contribution in [2.75, 3.05) is 0 Å². The first kappa shape index (κ1) is 17.9. The van der Waals surface area contributed by atoms with Gasteiger partial charge in [0.25, 0.3) is 0 Å². The van der Waals surface area contributed by atoms with Gasteiger partial charge in [0, 0.05) is 29.8 Å². The number of nitrogens with zero attached hydrogens (tertiary/aromatic N) is 1. The summed E-state index contributed by atoms with van der Waals surface area (Å²) in [6.45, 7) is 2.02. The Hall–Kier alpha value is -3.46. The van der Waals surface area contributed by atoms with E-state index in [2.05, 4.69) is 0 Å². The minimum absolute atomic E-state index is 0.00992. The van der Waals surface area contributed by atoms with E-state index in [1.54, 1.807) is 12.1 Å². The fourth-order valence-electron chi connectivity index (χ4n) is 6.27. The highest BCUT2D eigenvalue weighted by Crippen LogP contribution is 2.46. The predicted molar refractivity (Wildman–Crippen MR) is 148 cm³/mol. The standard InChI is InChI=1S/C34H33FNO/c1-21-14-15-27-28-18-19-29(35)32(34(28)37-33(27)31(21)30-13-7-8-20-36(30)2)26-17-16-23(22-9-3-4-10-22)24-11-5-6-12-25(24)26/h7-8,13-20,22H,3-6,9-12H2,1-2H3/q+1/i9D,11D2,12D2. The molecule has 2 aliphatic rings. The second-order valence-electron chi connectivity index (χ2n) is 10.3. The number of aryl methyl sites for hydroxylation is 2. The number of furan rings is 1. The van der Waals surface area contributed by atoms with Crippen molar-refractivity contribution in [2.24, 2.45) is 7.05 Å². The highest BCUT2D eigenvalue weighted by molar-refractivity contribution is 6.13. The van der Waals surface area contributed by atoms with Crippen molar-refractivity contribution < 1.29 is 20.2 Å². The molecule has 2 heterocycles. The predicted octanol–water partition coefficient (Wildman–Crippen LogP) is 8.73. The van der Waals surface area contributed by atoms with E-state index >= 15 is 4.39 Å². The molecule has 0 aliphatic heterocycles. The molecule has 1 saturated carbocycles. The summed E-state index contributed by atoms with van der Waals surface area (Å²) in [7, 11) is 1.97. The smallest absolute Gasteiger partial charge is 0.216 e. The van der Waals surface area contributed by atoms with Gasteiger partial charge in [0.1, 0.15) is 24.0 Å². The Morgan fingerprint density at radius 1 is 0.865 bits per heavy atom. The molecule has 5 aromatic rings. The van der Waals surface area contributed by atoms with Crippen LogP contribution >= 0.6 is 0 Å². The van der Waals surface area contributed by atoms with E-state index in [1.165, 1.54) is 6.07 Å². The molecule has 2 unspecified atom stereocenters. The Morgan fingerprint density at radius 3 is 2.43 bits per heavy atom. The lowest BCUT2D eigenvalue weighted by Gasteiger charge is -2.25. The average molecular weight is 496 g/mol. The topological polar surface area (TPSA) is 17.0 Å². The van der Waals surface area contributed by atoms with E-state index in [1.807, 2.05) is 61.1 Å². The van der Waals surface area contributed by atoms with E-state index in [-0.39, 0.29) is 36.3 Å². The van der Waals surface area contributed by atoms with Gasteiger partial charge in [-0.25, -0.2) is 8.96 Å². The molecule has 2 atom stereocenters. The van der Waals surface area contributed by atoms with Crippen molar-refractivity contribution in [2.45, 2.75) is 64.1 Å². The Kier molecular flexibility index (Phi) is 4.27. The van der Waals surface area contributed by atoms with Gasteiger partial charge in [0.05, 0.1) is 11.1 Å². The first-order valence-corrected chi connectivity index (χ1v) is 13.2. The molecule has 0 N–H and O–H groups in total. The third-order valence-electron chi connectivity index (χ3n) is 8.08. The molecule has 0 radical (unpaired) electrons. The first-order chi connectivity index (χ1) is 20.0.